The molecular weight excluding hydrogens is 308 g/mol. The van der Waals surface area contributed by atoms with E-state index >= 15 is 0 Å². The summed E-state index contributed by atoms with van der Waals surface area (Å²) in [5.74, 6) is 0.277. The average molecular weight is 321 g/mol. The largest absolute Gasteiger partial charge is 0.484 e. The molecule has 108 valence electrons. The van der Waals surface area contributed by atoms with E-state index in [-0.39, 0.29) is 12.5 Å². The van der Waals surface area contributed by atoms with E-state index in [2.05, 4.69) is 5.32 Å². The van der Waals surface area contributed by atoms with Crippen LogP contribution in [-0.4, -0.2) is 17.5 Å². The first-order valence-electron chi connectivity index (χ1n) is 6.12. The number of halogens is 1. The molecular formula is C15H13ClN2O2S. The van der Waals surface area contributed by atoms with Crippen LogP contribution in [0.1, 0.15) is 5.56 Å². The van der Waals surface area contributed by atoms with E-state index in [4.69, 9.17) is 34.3 Å². The second kappa shape index (κ2) is 7.06. The fourth-order valence-electron chi connectivity index (χ4n) is 1.62. The Morgan fingerprint density at radius 2 is 1.95 bits per heavy atom. The van der Waals surface area contributed by atoms with Gasteiger partial charge in [0.05, 0.1) is 0 Å². The second-order valence-corrected chi connectivity index (χ2v) is 5.11. The van der Waals surface area contributed by atoms with Crippen LogP contribution in [0.5, 0.6) is 5.75 Å². The van der Waals surface area contributed by atoms with Crippen LogP contribution in [0.3, 0.4) is 0 Å². The van der Waals surface area contributed by atoms with Gasteiger partial charge >= 0.3 is 0 Å². The van der Waals surface area contributed by atoms with Gasteiger partial charge in [0.15, 0.2) is 6.61 Å². The van der Waals surface area contributed by atoms with Crippen molar-refractivity contribution >= 4 is 40.4 Å². The molecule has 0 atom stereocenters. The van der Waals surface area contributed by atoms with Gasteiger partial charge < -0.3 is 15.8 Å². The number of nitrogens with one attached hydrogen (secondary N) is 1. The number of benzene rings is 2. The van der Waals surface area contributed by atoms with Crippen molar-refractivity contribution in [2.75, 3.05) is 11.9 Å². The lowest BCUT2D eigenvalue weighted by Gasteiger charge is -2.08. The summed E-state index contributed by atoms with van der Waals surface area (Å²) in [6, 6.07) is 13.8. The summed E-state index contributed by atoms with van der Waals surface area (Å²) in [5.41, 5.74) is 6.90. The van der Waals surface area contributed by atoms with Gasteiger partial charge in [-0.05, 0) is 42.5 Å². The Hall–Kier alpha value is -2.11. The molecule has 0 aliphatic carbocycles. The first-order chi connectivity index (χ1) is 10.0. The van der Waals surface area contributed by atoms with Crippen molar-refractivity contribution < 1.29 is 9.53 Å². The predicted molar refractivity (Wildman–Crippen MR) is 87.9 cm³/mol. The number of hydrogen-bond acceptors (Lipinski definition) is 3. The minimum Gasteiger partial charge on any atom is -0.484 e. The molecule has 4 nitrogen and oxygen atoms in total. The molecule has 2 aromatic rings. The fraction of sp³-hybridized carbons (Fsp3) is 0.0667. The SMILES string of the molecule is NC(=S)c1ccc(NC(=O)COc2cccc(Cl)c2)cc1. The van der Waals surface area contributed by atoms with Gasteiger partial charge in [0.2, 0.25) is 0 Å². The Balaban J connectivity index is 1.88. The van der Waals surface area contributed by atoms with Crippen molar-refractivity contribution in [3.63, 3.8) is 0 Å². The fourth-order valence-corrected chi connectivity index (χ4v) is 1.94. The van der Waals surface area contributed by atoms with Crippen LogP contribution in [0.4, 0.5) is 5.69 Å². The molecule has 0 aliphatic rings. The van der Waals surface area contributed by atoms with E-state index in [1.807, 2.05) is 0 Å². The molecule has 1 amide bonds. The van der Waals surface area contributed by atoms with Crippen molar-refractivity contribution in [2.24, 2.45) is 5.73 Å². The number of ether oxygens (including phenoxy) is 1. The average Bonchev–Trinajstić information content (AvgIpc) is 2.46. The van der Waals surface area contributed by atoms with Gasteiger partial charge in [-0.3, -0.25) is 4.79 Å². The molecule has 21 heavy (non-hydrogen) atoms. The molecule has 0 saturated carbocycles. The number of amides is 1. The van der Waals surface area contributed by atoms with E-state index in [9.17, 15) is 4.79 Å². The monoisotopic (exact) mass is 320 g/mol. The molecule has 0 bridgehead atoms. The first-order valence-corrected chi connectivity index (χ1v) is 6.91. The molecule has 0 radical (unpaired) electrons. The number of hydrogen-bond donors (Lipinski definition) is 2. The maximum atomic E-state index is 11.8. The van der Waals surface area contributed by atoms with Crippen LogP contribution in [0.2, 0.25) is 5.02 Å². The molecule has 3 N–H and O–H groups in total. The highest BCUT2D eigenvalue weighted by molar-refractivity contribution is 7.80. The van der Waals surface area contributed by atoms with E-state index in [0.29, 0.717) is 21.4 Å². The highest BCUT2D eigenvalue weighted by Gasteiger charge is 2.04. The second-order valence-electron chi connectivity index (χ2n) is 4.24. The minimum atomic E-state index is -0.266. The molecule has 2 aromatic carbocycles. The third kappa shape index (κ3) is 4.73. The Bertz CT molecular complexity index is 659. The van der Waals surface area contributed by atoms with Crippen molar-refractivity contribution in [1.82, 2.24) is 0 Å². The number of thiocarbonyl (C=S) groups is 1. The zero-order valence-electron chi connectivity index (χ0n) is 11.0. The van der Waals surface area contributed by atoms with E-state index in [1.165, 1.54) is 0 Å². The molecule has 6 heteroatoms. The molecule has 0 fully saturated rings. The number of carbonyl (C=O) groups excluding carboxylic acids is 1. The van der Waals surface area contributed by atoms with Crippen molar-refractivity contribution in [1.29, 1.82) is 0 Å². The summed E-state index contributed by atoms with van der Waals surface area (Å²) in [5, 5.41) is 3.27. The molecule has 0 unspecified atom stereocenters. The topological polar surface area (TPSA) is 64.3 Å². The van der Waals surface area contributed by atoms with Gasteiger partial charge in [0.1, 0.15) is 10.7 Å². The standard InChI is InChI=1S/C15H13ClN2O2S/c16-11-2-1-3-13(8-11)20-9-14(19)18-12-6-4-10(5-7-12)15(17)21/h1-8H,9H2,(H2,17,21)(H,18,19). The summed E-state index contributed by atoms with van der Waals surface area (Å²) in [6.07, 6.45) is 0. The molecule has 0 aromatic heterocycles. The van der Waals surface area contributed by atoms with Gasteiger partial charge in [-0.2, -0.15) is 0 Å². The van der Waals surface area contributed by atoms with E-state index in [1.54, 1.807) is 48.5 Å². The summed E-state index contributed by atoms with van der Waals surface area (Å²) in [6.45, 7) is -0.0998. The molecule has 0 saturated heterocycles. The lowest BCUT2D eigenvalue weighted by Crippen LogP contribution is -2.20. The highest BCUT2D eigenvalue weighted by atomic mass is 35.5. The molecule has 2 rings (SSSR count). The number of anilines is 1. The van der Waals surface area contributed by atoms with Gasteiger partial charge in [-0.1, -0.05) is 29.9 Å². The third-order valence-corrected chi connectivity index (χ3v) is 3.09. The summed E-state index contributed by atoms with van der Waals surface area (Å²) < 4.78 is 5.35. The molecule has 0 heterocycles. The Labute approximate surface area is 132 Å². The molecule has 0 spiro atoms. The highest BCUT2D eigenvalue weighted by Crippen LogP contribution is 2.17. The first kappa shape index (κ1) is 15.3. The zero-order chi connectivity index (χ0) is 15.2. The predicted octanol–water partition coefficient (Wildman–Crippen LogP) is 2.99. The van der Waals surface area contributed by atoms with E-state index in [0.717, 1.165) is 5.56 Å². The Kier molecular flexibility index (Phi) is 5.14. The summed E-state index contributed by atoms with van der Waals surface area (Å²) in [4.78, 5) is 12.1. The zero-order valence-corrected chi connectivity index (χ0v) is 12.6. The van der Waals surface area contributed by atoms with Gasteiger partial charge in [0, 0.05) is 16.3 Å². The van der Waals surface area contributed by atoms with Crippen LogP contribution in [0.15, 0.2) is 48.5 Å². The normalized spacial score (nSPS) is 9.95. The van der Waals surface area contributed by atoms with Crippen LogP contribution >= 0.6 is 23.8 Å². The molecule has 0 aliphatic heterocycles. The maximum absolute atomic E-state index is 11.8. The van der Waals surface area contributed by atoms with Crippen molar-refractivity contribution in [3.8, 4) is 5.75 Å². The summed E-state index contributed by atoms with van der Waals surface area (Å²) in [7, 11) is 0. The number of carbonyl (C=O) groups is 1. The van der Waals surface area contributed by atoms with Crippen LogP contribution in [-0.2, 0) is 4.79 Å². The quantitative estimate of drug-likeness (QED) is 0.831. The van der Waals surface area contributed by atoms with Crippen molar-refractivity contribution in [3.05, 3.63) is 59.1 Å². The summed E-state index contributed by atoms with van der Waals surface area (Å²) >= 11 is 10.7. The smallest absolute Gasteiger partial charge is 0.262 e. The Morgan fingerprint density at radius 1 is 1.24 bits per heavy atom. The van der Waals surface area contributed by atoms with E-state index < -0.39 is 0 Å². The third-order valence-electron chi connectivity index (χ3n) is 2.62. The van der Waals surface area contributed by atoms with Gasteiger partial charge in [-0.15, -0.1) is 0 Å². The number of rotatable bonds is 5. The lowest BCUT2D eigenvalue weighted by atomic mass is 10.2. The van der Waals surface area contributed by atoms with Crippen molar-refractivity contribution in [2.45, 2.75) is 0 Å². The minimum absolute atomic E-state index is 0.0998. The van der Waals surface area contributed by atoms with Gasteiger partial charge in [-0.25, -0.2) is 0 Å². The Morgan fingerprint density at radius 3 is 2.57 bits per heavy atom. The van der Waals surface area contributed by atoms with Crippen LogP contribution in [0, 0.1) is 0 Å². The van der Waals surface area contributed by atoms with Crippen LogP contribution in [0.25, 0.3) is 0 Å². The number of nitrogens with two attached hydrogens (primary N) is 1. The lowest BCUT2D eigenvalue weighted by molar-refractivity contribution is -0.118. The van der Waals surface area contributed by atoms with Crippen LogP contribution < -0.4 is 15.8 Å². The maximum Gasteiger partial charge on any atom is 0.262 e. The van der Waals surface area contributed by atoms with Gasteiger partial charge in [0.25, 0.3) is 5.91 Å².